The van der Waals surface area contributed by atoms with Crippen molar-refractivity contribution in [2.75, 3.05) is 16.4 Å². The Morgan fingerprint density at radius 3 is 2.70 bits per heavy atom. The Kier molecular flexibility index (Phi) is 8.26. The normalized spacial score (nSPS) is 18.5. The molecule has 2 fully saturated rings. The third kappa shape index (κ3) is 5.93. The van der Waals surface area contributed by atoms with E-state index in [0.717, 1.165) is 15.9 Å². The minimum Gasteiger partial charge on any atom is -0.446 e. The molecule has 3 heterocycles. The van der Waals surface area contributed by atoms with Gasteiger partial charge < -0.3 is 10.1 Å². The predicted molar refractivity (Wildman–Crippen MR) is 160 cm³/mol. The second-order valence-corrected chi connectivity index (χ2v) is 11.4. The Bertz CT molecular complexity index is 1870. The molecule has 6 rings (SSSR count). The molecule has 1 saturated carbocycles. The van der Waals surface area contributed by atoms with Crippen LogP contribution in [0.2, 0.25) is 5.02 Å². The lowest BCUT2D eigenvalue weighted by molar-refractivity contribution is -0.128. The number of ether oxygens (including phenoxy) is 1. The number of nitrogens with zero attached hydrogens (tertiary/aromatic N) is 5. The number of aromatic nitrogens is 3. The number of hydrogen-bond donors (Lipinski definition) is 2. The minimum atomic E-state index is -2.85. The van der Waals surface area contributed by atoms with Crippen molar-refractivity contribution in [3.8, 4) is 6.07 Å². The first-order valence-electron chi connectivity index (χ1n) is 14.3. The number of benzene rings is 2. The summed E-state index contributed by atoms with van der Waals surface area (Å²) in [4.78, 5) is 48.0. The summed E-state index contributed by atoms with van der Waals surface area (Å²) in [6, 6.07) is 9.76. The predicted octanol–water partition coefficient (Wildman–Crippen LogP) is 5.42. The number of nitriles is 1. The van der Waals surface area contributed by atoms with Crippen LogP contribution in [0.4, 0.5) is 29.5 Å². The van der Waals surface area contributed by atoms with E-state index in [9.17, 15) is 28.4 Å². The lowest BCUT2D eigenvalue weighted by atomic mass is 9.91. The molecule has 11 nitrogen and oxygen atoms in total. The number of cyclic esters (lactones) is 1. The zero-order valence-corrected chi connectivity index (χ0v) is 24.7. The maximum atomic E-state index is 15.4. The number of aromatic amines is 1. The van der Waals surface area contributed by atoms with Crippen LogP contribution in [0.3, 0.4) is 0 Å². The number of rotatable bonds is 7. The van der Waals surface area contributed by atoms with Crippen LogP contribution in [0.5, 0.6) is 0 Å². The van der Waals surface area contributed by atoms with E-state index in [4.69, 9.17) is 16.3 Å². The van der Waals surface area contributed by atoms with E-state index in [-0.39, 0.29) is 51.4 Å². The fourth-order valence-corrected chi connectivity index (χ4v) is 5.98. The van der Waals surface area contributed by atoms with Gasteiger partial charge in [0, 0.05) is 46.7 Å². The van der Waals surface area contributed by atoms with Gasteiger partial charge in [-0.2, -0.15) is 10.4 Å². The molecule has 0 spiro atoms. The second kappa shape index (κ2) is 12.3. The van der Waals surface area contributed by atoms with Crippen LogP contribution < -0.4 is 15.1 Å². The van der Waals surface area contributed by atoms with Crippen molar-refractivity contribution in [1.82, 2.24) is 20.5 Å². The molecule has 4 aromatic rings. The SMILES string of the molecule is N#Cc1ccnc(N2C(=O)OC[C@H]2C(=O)N(c2cc(F)c3[nH]ncc3c2)[C@H](C(=O)NC2CCC(F)(F)CC2)c2ccccc2Cl)c1. The molecule has 2 atom stereocenters. The molecule has 15 heteroatoms. The highest BCUT2D eigenvalue weighted by Gasteiger charge is 2.46. The Balaban J connectivity index is 1.48. The first-order chi connectivity index (χ1) is 22.1. The third-order valence-corrected chi connectivity index (χ3v) is 8.39. The molecular formula is C31H25ClF3N7O4. The van der Waals surface area contributed by atoms with Gasteiger partial charge >= 0.3 is 6.09 Å². The average Bonchev–Trinajstić information content (AvgIpc) is 3.68. The van der Waals surface area contributed by atoms with Crippen LogP contribution in [-0.2, 0) is 14.3 Å². The molecule has 2 aliphatic rings. The molecule has 1 saturated heterocycles. The summed E-state index contributed by atoms with van der Waals surface area (Å²) in [5, 5.41) is 19.0. The Hall–Kier alpha value is -5.16. The molecule has 3 amide bonds. The van der Waals surface area contributed by atoms with Crippen molar-refractivity contribution in [3.63, 3.8) is 0 Å². The molecule has 2 N–H and O–H groups in total. The molecular weight excluding hydrogens is 627 g/mol. The summed E-state index contributed by atoms with van der Waals surface area (Å²) >= 11 is 6.59. The zero-order valence-electron chi connectivity index (χ0n) is 23.9. The van der Waals surface area contributed by atoms with Gasteiger partial charge in [0.1, 0.15) is 24.0 Å². The number of pyridine rings is 1. The van der Waals surface area contributed by atoms with Crippen molar-refractivity contribution in [1.29, 1.82) is 5.26 Å². The van der Waals surface area contributed by atoms with E-state index >= 15 is 4.39 Å². The van der Waals surface area contributed by atoms with Gasteiger partial charge in [-0.05, 0) is 43.2 Å². The van der Waals surface area contributed by atoms with E-state index in [0.29, 0.717) is 0 Å². The highest BCUT2D eigenvalue weighted by atomic mass is 35.5. The van der Waals surface area contributed by atoms with E-state index in [1.54, 1.807) is 12.1 Å². The third-order valence-electron chi connectivity index (χ3n) is 8.05. The summed E-state index contributed by atoms with van der Waals surface area (Å²) in [5.74, 6) is -5.32. The van der Waals surface area contributed by atoms with Crippen LogP contribution in [0.1, 0.15) is 42.9 Å². The molecule has 1 aliphatic carbocycles. The van der Waals surface area contributed by atoms with Crippen molar-refractivity contribution < 1.29 is 32.3 Å². The average molecular weight is 652 g/mol. The summed E-state index contributed by atoms with van der Waals surface area (Å²) in [6.07, 6.45) is 0.835. The molecule has 0 bridgehead atoms. The fraction of sp³-hybridized carbons (Fsp3) is 0.290. The number of alkyl halides is 2. The number of fused-ring (bicyclic) bond motifs is 1. The maximum Gasteiger partial charge on any atom is 0.416 e. The molecule has 1 aliphatic heterocycles. The standard InChI is InChI=1S/C31H25ClF3N7O4/c32-22-4-2-1-3-21(22)27(28(43)39-19-5-8-31(34,35)9-6-19)41(20-12-18-15-38-40-26(18)23(33)13-20)29(44)24-16-46-30(45)42(24)25-11-17(14-36)7-10-37-25/h1-4,7,10-13,15,19,24,27H,5-6,8-9,16H2,(H,38,40)(H,39,43)/t24-,27-/m0/s1. The molecule has 2 aromatic carbocycles. The van der Waals surface area contributed by atoms with Gasteiger partial charge in [-0.3, -0.25) is 19.6 Å². The number of nitrogens with one attached hydrogen (secondary N) is 2. The van der Waals surface area contributed by atoms with Crippen LogP contribution in [0.25, 0.3) is 10.9 Å². The van der Waals surface area contributed by atoms with Crippen molar-refractivity contribution >= 4 is 51.9 Å². The van der Waals surface area contributed by atoms with Crippen molar-refractivity contribution in [2.45, 2.75) is 49.7 Å². The van der Waals surface area contributed by atoms with Crippen LogP contribution in [0.15, 0.2) is 60.9 Å². The number of amides is 3. The molecule has 2 aromatic heterocycles. The first-order valence-corrected chi connectivity index (χ1v) is 14.6. The quantitative estimate of drug-likeness (QED) is 0.272. The maximum absolute atomic E-state index is 15.4. The molecule has 236 valence electrons. The van der Waals surface area contributed by atoms with Crippen LogP contribution >= 0.6 is 11.6 Å². The first kappa shape index (κ1) is 30.8. The topological polar surface area (TPSA) is 144 Å². The highest BCUT2D eigenvalue weighted by Crippen LogP contribution is 2.38. The highest BCUT2D eigenvalue weighted by molar-refractivity contribution is 6.31. The fourth-order valence-electron chi connectivity index (χ4n) is 5.74. The van der Waals surface area contributed by atoms with E-state index in [1.807, 2.05) is 6.07 Å². The number of hydrogen-bond acceptors (Lipinski definition) is 7. The van der Waals surface area contributed by atoms with Gasteiger partial charge in [-0.1, -0.05) is 29.8 Å². The number of carbonyl (C=O) groups excluding carboxylic acids is 3. The summed E-state index contributed by atoms with van der Waals surface area (Å²) < 4.78 is 48.5. The van der Waals surface area contributed by atoms with Gasteiger partial charge in [0.2, 0.25) is 11.8 Å². The molecule has 0 radical (unpaired) electrons. The number of anilines is 2. The van der Waals surface area contributed by atoms with Crippen molar-refractivity contribution in [2.24, 2.45) is 0 Å². The van der Waals surface area contributed by atoms with E-state index in [2.05, 4.69) is 20.5 Å². The number of halogens is 4. The number of carbonyl (C=O) groups is 3. The second-order valence-electron chi connectivity index (χ2n) is 11.0. The largest absolute Gasteiger partial charge is 0.446 e. The van der Waals surface area contributed by atoms with Crippen LogP contribution in [0, 0.1) is 17.1 Å². The molecule has 46 heavy (non-hydrogen) atoms. The monoisotopic (exact) mass is 651 g/mol. The zero-order chi connectivity index (χ0) is 32.6. The van der Waals surface area contributed by atoms with Gasteiger partial charge in [0.15, 0.2) is 11.9 Å². The van der Waals surface area contributed by atoms with Gasteiger partial charge in [-0.15, -0.1) is 0 Å². The molecule has 0 unspecified atom stereocenters. The summed E-state index contributed by atoms with van der Waals surface area (Å²) in [6.45, 7) is -0.461. The minimum absolute atomic E-state index is 0.00280. The van der Waals surface area contributed by atoms with Crippen LogP contribution in [-0.4, -0.2) is 57.7 Å². The lowest BCUT2D eigenvalue weighted by Gasteiger charge is -2.36. The number of H-pyrrole nitrogens is 1. The van der Waals surface area contributed by atoms with E-state index < -0.39 is 67.2 Å². The lowest BCUT2D eigenvalue weighted by Crippen LogP contribution is -2.54. The van der Waals surface area contributed by atoms with Gasteiger partial charge in [0.05, 0.1) is 17.8 Å². The summed E-state index contributed by atoms with van der Waals surface area (Å²) in [7, 11) is 0. The van der Waals surface area contributed by atoms with E-state index in [1.165, 1.54) is 42.7 Å². The Labute approximate surface area is 264 Å². The Morgan fingerprint density at radius 2 is 1.96 bits per heavy atom. The smallest absolute Gasteiger partial charge is 0.416 e. The van der Waals surface area contributed by atoms with Gasteiger partial charge in [0.25, 0.3) is 5.91 Å². The van der Waals surface area contributed by atoms with Gasteiger partial charge in [-0.25, -0.2) is 27.8 Å². The van der Waals surface area contributed by atoms with Crippen molar-refractivity contribution in [3.05, 3.63) is 82.9 Å². The Morgan fingerprint density at radius 1 is 1.20 bits per heavy atom. The summed E-state index contributed by atoms with van der Waals surface area (Å²) in [5.41, 5.74) is 0.290.